The second-order valence-electron chi connectivity index (χ2n) is 9.40. The number of piperidine rings is 1. The number of thiophene rings is 1. The van der Waals surface area contributed by atoms with E-state index in [1.165, 1.54) is 17.4 Å². The minimum Gasteiger partial charge on any atom is -0.497 e. The Hall–Kier alpha value is -1.91. The smallest absolute Gasteiger partial charge is 0.303 e. The Morgan fingerprint density at radius 1 is 1.42 bits per heavy atom. The maximum absolute atomic E-state index is 14.0. The van der Waals surface area contributed by atoms with Crippen molar-refractivity contribution in [1.82, 2.24) is 9.88 Å². The SMILES string of the molecule is COc1ccc2ncc(Cl)c([C@@H](N)CC[C@@H]3CCN(CC(S)c4sccc4F)C[C@@H]3CC(=O)O)c2c1. The van der Waals surface area contributed by atoms with Crippen LogP contribution >= 0.6 is 35.6 Å². The number of aromatic nitrogens is 1. The molecule has 1 unspecified atom stereocenters. The molecule has 0 radical (unpaired) electrons. The Bertz CT molecular complexity index is 1210. The quantitative estimate of drug-likeness (QED) is 0.269. The van der Waals surface area contributed by atoms with Crippen molar-refractivity contribution in [3.8, 4) is 5.75 Å². The molecular formula is C26H31ClFN3O3S2. The van der Waals surface area contributed by atoms with Crippen LogP contribution in [0.4, 0.5) is 4.39 Å². The number of halogens is 2. The summed E-state index contributed by atoms with van der Waals surface area (Å²) in [5, 5.41) is 12.4. The first-order chi connectivity index (χ1) is 17.3. The molecule has 10 heteroatoms. The molecule has 0 aliphatic carbocycles. The summed E-state index contributed by atoms with van der Waals surface area (Å²) in [4.78, 5) is 18.9. The number of hydrogen-bond acceptors (Lipinski definition) is 7. The van der Waals surface area contributed by atoms with Gasteiger partial charge in [-0.3, -0.25) is 9.78 Å². The molecular weight excluding hydrogens is 521 g/mol. The van der Waals surface area contributed by atoms with Gasteiger partial charge in [0.1, 0.15) is 11.6 Å². The molecule has 1 saturated heterocycles. The Morgan fingerprint density at radius 3 is 2.92 bits per heavy atom. The van der Waals surface area contributed by atoms with Crippen LogP contribution in [0.5, 0.6) is 5.75 Å². The highest BCUT2D eigenvalue weighted by Crippen LogP contribution is 2.37. The number of carboxylic acid groups (broad SMARTS) is 1. The second kappa shape index (κ2) is 12.1. The zero-order chi connectivity index (χ0) is 25.8. The van der Waals surface area contributed by atoms with Gasteiger partial charge in [-0.25, -0.2) is 4.39 Å². The molecule has 0 bridgehead atoms. The van der Waals surface area contributed by atoms with E-state index >= 15 is 0 Å². The fraction of sp³-hybridized carbons (Fsp3) is 0.462. The number of benzene rings is 1. The maximum Gasteiger partial charge on any atom is 0.303 e. The van der Waals surface area contributed by atoms with Crippen LogP contribution in [0.1, 0.15) is 47.4 Å². The van der Waals surface area contributed by atoms with E-state index in [0.717, 1.165) is 35.9 Å². The molecule has 6 nitrogen and oxygen atoms in total. The van der Waals surface area contributed by atoms with Gasteiger partial charge >= 0.3 is 5.97 Å². The van der Waals surface area contributed by atoms with E-state index in [2.05, 4.69) is 22.5 Å². The molecule has 2 aromatic heterocycles. The maximum atomic E-state index is 14.0. The van der Waals surface area contributed by atoms with Gasteiger partial charge in [0, 0.05) is 37.1 Å². The van der Waals surface area contributed by atoms with Crippen molar-refractivity contribution in [2.75, 3.05) is 26.7 Å². The predicted molar refractivity (Wildman–Crippen MR) is 146 cm³/mol. The molecule has 4 atom stereocenters. The molecule has 3 heterocycles. The number of thiol groups is 1. The molecule has 1 aliphatic heterocycles. The van der Waals surface area contributed by atoms with Crippen molar-refractivity contribution in [2.45, 2.75) is 37.0 Å². The summed E-state index contributed by atoms with van der Waals surface area (Å²) in [6.07, 6.45) is 4.04. The molecule has 0 spiro atoms. The fourth-order valence-corrected chi connectivity index (χ4v) is 6.81. The molecule has 0 amide bonds. The van der Waals surface area contributed by atoms with E-state index in [9.17, 15) is 14.3 Å². The van der Waals surface area contributed by atoms with Crippen molar-refractivity contribution >= 4 is 52.4 Å². The fourth-order valence-electron chi connectivity index (χ4n) is 5.24. The van der Waals surface area contributed by atoms with E-state index < -0.39 is 5.97 Å². The summed E-state index contributed by atoms with van der Waals surface area (Å²) < 4.78 is 19.4. The van der Waals surface area contributed by atoms with Gasteiger partial charge in [0.15, 0.2) is 0 Å². The number of aliphatic carboxylic acids is 1. The molecule has 4 rings (SSSR count). The van der Waals surface area contributed by atoms with Crippen LogP contribution < -0.4 is 10.5 Å². The summed E-state index contributed by atoms with van der Waals surface area (Å²) in [7, 11) is 1.61. The number of methoxy groups -OCH3 is 1. The van der Waals surface area contributed by atoms with Gasteiger partial charge in [0.2, 0.25) is 0 Å². The molecule has 1 aromatic carbocycles. The highest BCUT2D eigenvalue weighted by atomic mass is 35.5. The first-order valence-corrected chi connectivity index (χ1v) is 13.8. The summed E-state index contributed by atoms with van der Waals surface area (Å²) in [5.74, 6) is -0.119. The van der Waals surface area contributed by atoms with Crippen molar-refractivity contribution in [3.05, 3.63) is 57.1 Å². The second-order valence-corrected chi connectivity index (χ2v) is 11.4. The van der Waals surface area contributed by atoms with Crippen LogP contribution in [0, 0.1) is 17.7 Å². The third-order valence-electron chi connectivity index (χ3n) is 7.08. The van der Waals surface area contributed by atoms with Crippen molar-refractivity contribution < 1.29 is 19.0 Å². The van der Waals surface area contributed by atoms with E-state index in [1.807, 2.05) is 18.2 Å². The number of fused-ring (bicyclic) bond motifs is 1. The van der Waals surface area contributed by atoms with E-state index in [4.69, 9.17) is 22.1 Å². The van der Waals surface area contributed by atoms with Gasteiger partial charge < -0.3 is 20.5 Å². The first kappa shape index (κ1) is 27.1. The number of pyridine rings is 1. The van der Waals surface area contributed by atoms with E-state index in [0.29, 0.717) is 35.2 Å². The van der Waals surface area contributed by atoms with Gasteiger partial charge in [-0.2, -0.15) is 12.6 Å². The van der Waals surface area contributed by atoms with Crippen molar-refractivity contribution in [1.29, 1.82) is 0 Å². The van der Waals surface area contributed by atoms with Crippen LogP contribution in [0.15, 0.2) is 35.8 Å². The minimum atomic E-state index is -0.807. The number of nitrogens with zero attached hydrogens (tertiary/aromatic N) is 2. The molecule has 0 saturated carbocycles. The van der Waals surface area contributed by atoms with Gasteiger partial charge in [0.25, 0.3) is 0 Å². The Kier molecular flexibility index (Phi) is 9.11. The summed E-state index contributed by atoms with van der Waals surface area (Å²) >= 11 is 12.5. The standard InChI is InChI=1S/C26H31ClFN3O3S2/c1-34-17-3-5-22-18(11-17)25(19(27)12-30-22)21(29)4-2-15-6-8-31(13-16(15)10-24(32)33)14-23(35)26-20(28)7-9-36-26/h3,5,7,9,11-12,15-16,21,23,35H,2,4,6,8,10,13-14,29H2,1H3,(H,32,33)/t15-,16+,21+,23?/m1/s1. The lowest BCUT2D eigenvalue weighted by molar-refractivity contribution is -0.139. The Balaban J connectivity index is 1.44. The van der Waals surface area contributed by atoms with Gasteiger partial charge in [-0.05, 0) is 72.9 Å². The number of likely N-dealkylation sites (tertiary alicyclic amines) is 1. The molecule has 194 valence electrons. The third kappa shape index (κ3) is 6.31. The van der Waals surface area contributed by atoms with Crippen molar-refractivity contribution in [3.63, 3.8) is 0 Å². The number of ether oxygens (including phenoxy) is 1. The number of carbonyl (C=O) groups is 1. The van der Waals surface area contributed by atoms with Crippen molar-refractivity contribution in [2.24, 2.45) is 17.6 Å². The zero-order valence-electron chi connectivity index (χ0n) is 20.1. The lowest BCUT2D eigenvalue weighted by Gasteiger charge is -2.39. The molecule has 1 fully saturated rings. The molecule has 1 aliphatic rings. The van der Waals surface area contributed by atoms with Gasteiger partial charge in [0.05, 0.1) is 27.8 Å². The highest BCUT2D eigenvalue weighted by molar-refractivity contribution is 7.80. The average molecular weight is 552 g/mol. The minimum absolute atomic E-state index is 0.0121. The third-order valence-corrected chi connectivity index (χ3v) is 8.98. The molecule has 3 N–H and O–H groups in total. The van der Waals surface area contributed by atoms with Crippen LogP contribution in [-0.2, 0) is 4.79 Å². The average Bonchev–Trinajstić information content (AvgIpc) is 3.28. The number of nitrogens with two attached hydrogens (primary N) is 1. The summed E-state index contributed by atoms with van der Waals surface area (Å²) in [6, 6.07) is 6.78. The van der Waals surface area contributed by atoms with Gasteiger partial charge in [-0.15, -0.1) is 11.3 Å². The van der Waals surface area contributed by atoms with Gasteiger partial charge in [-0.1, -0.05) is 11.6 Å². The monoisotopic (exact) mass is 551 g/mol. The van der Waals surface area contributed by atoms with Crippen LogP contribution in [-0.4, -0.2) is 47.7 Å². The van der Waals surface area contributed by atoms with Crippen LogP contribution in [0.3, 0.4) is 0 Å². The number of carboxylic acids is 1. The number of hydrogen-bond donors (Lipinski definition) is 3. The van der Waals surface area contributed by atoms with Crippen LogP contribution in [0.25, 0.3) is 10.9 Å². The molecule has 3 aromatic rings. The zero-order valence-corrected chi connectivity index (χ0v) is 22.5. The first-order valence-electron chi connectivity index (χ1n) is 12.0. The summed E-state index contributed by atoms with van der Waals surface area (Å²) in [5.41, 5.74) is 8.29. The number of rotatable bonds is 10. The Morgan fingerprint density at radius 2 is 2.22 bits per heavy atom. The topological polar surface area (TPSA) is 88.7 Å². The Labute approximate surface area is 225 Å². The lowest BCUT2D eigenvalue weighted by Crippen LogP contribution is -2.42. The van der Waals surface area contributed by atoms with E-state index in [1.54, 1.807) is 18.7 Å². The normalized spacial score (nSPS) is 20.4. The molecule has 36 heavy (non-hydrogen) atoms. The lowest BCUT2D eigenvalue weighted by atomic mass is 9.79. The predicted octanol–water partition coefficient (Wildman–Crippen LogP) is 5.96. The van der Waals surface area contributed by atoms with E-state index in [-0.39, 0.29) is 35.4 Å². The largest absolute Gasteiger partial charge is 0.497 e. The van der Waals surface area contributed by atoms with Crippen LogP contribution in [0.2, 0.25) is 5.02 Å². The summed E-state index contributed by atoms with van der Waals surface area (Å²) in [6.45, 7) is 2.05. The highest BCUT2D eigenvalue weighted by Gasteiger charge is 2.32.